The molecule has 1 N–H and O–H groups in total. The molecule has 1 atom stereocenters. The van der Waals surface area contributed by atoms with Crippen molar-refractivity contribution in [3.8, 4) is 0 Å². The van der Waals surface area contributed by atoms with Gasteiger partial charge in [-0.05, 0) is 13.3 Å². The van der Waals surface area contributed by atoms with Crippen LogP contribution in [0, 0.1) is 0 Å². The molecule has 86 valence electrons. The highest BCUT2D eigenvalue weighted by molar-refractivity contribution is 7.09. The fraction of sp³-hybridized carbons (Fsp3) is 0.455. The van der Waals surface area contributed by atoms with Crippen molar-refractivity contribution >= 4 is 17.3 Å². The Hall–Kier alpha value is -1.36. The average Bonchev–Trinajstić information content (AvgIpc) is 2.92. The second-order valence-corrected chi connectivity index (χ2v) is 4.41. The molecule has 1 unspecified atom stereocenters. The molecule has 0 saturated heterocycles. The Labute approximate surface area is 99.4 Å². The van der Waals surface area contributed by atoms with E-state index in [0.29, 0.717) is 0 Å². The molecule has 2 heterocycles. The third kappa shape index (κ3) is 2.09. The van der Waals surface area contributed by atoms with E-state index < -0.39 is 0 Å². The molecule has 0 aliphatic carbocycles. The van der Waals surface area contributed by atoms with Crippen LogP contribution in [0.2, 0.25) is 0 Å². The predicted molar refractivity (Wildman–Crippen MR) is 66.9 cm³/mol. The molecule has 0 bridgehead atoms. The predicted octanol–water partition coefficient (Wildman–Crippen LogP) is 2.77. The van der Waals surface area contributed by atoms with Gasteiger partial charge >= 0.3 is 0 Å². The van der Waals surface area contributed by atoms with Crippen LogP contribution in [0.25, 0.3) is 0 Å². The first kappa shape index (κ1) is 11.1. The molecule has 2 rings (SSSR count). The molecule has 2 aromatic heterocycles. The Bertz CT molecular complexity index is 421. The van der Waals surface area contributed by atoms with Crippen molar-refractivity contribution in [2.75, 3.05) is 11.9 Å². The highest BCUT2D eigenvalue weighted by Gasteiger charge is 2.16. The fourth-order valence-electron chi connectivity index (χ4n) is 1.75. The van der Waals surface area contributed by atoms with Crippen molar-refractivity contribution in [2.45, 2.75) is 26.3 Å². The van der Waals surface area contributed by atoms with Crippen molar-refractivity contribution in [3.63, 3.8) is 0 Å². The lowest BCUT2D eigenvalue weighted by Gasteiger charge is -2.17. The van der Waals surface area contributed by atoms with Gasteiger partial charge in [0.25, 0.3) is 0 Å². The largest absolute Gasteiger partial charge is 0.356 e. The van der Waals surface area contributed by atoms with Crippen LogP contribution in [-0.4, -0.2) is 21.1 Å². The topological polar surface area (TPSA) is 42.7 Å². The first-order valence-electron chi connectivity index (χ1n) is 5.52. The number of nitrogens with one attached hydrogen (secondary N) is 1. The minimum absolute atomic E-state index is 0.288. The number of anilines is 1. The standard InChI is InChI=1S/C11H16N4S/c1-3-9(10-13-6-8-16-10)15-7-5-14-11(15)12-4-2/h5-9H,3-4H2,1-2H3,(H,12,14). The van der Waals surface area contributed by atoms with Gasteiger partial charge in [0.2, 0.25) is 5.95 Å². The van der Waals surface area contributed by atoms with E-state index in [1.165, 1.54) is 0 Å². The third-order valence-corrected chi connectivity index (χ3v) is 3.34. The molecule has 0 aromatic carbocycles. The lowest BCUT2D eigenvalue weighted by molar-refractivity contribution is 0.568. The van der Waals surface area contributed by atoms with E-state index in [1.807, 2.05) is 24.0 Å². The first-order valence-corrected chi connectivity index (χ1v) is 6.40. The van der Waals surface area contributed by atoms with Crippen molar-refractivity contribution in [1.29, 1.82) is 0 Å². The monoisotopic (exact) mass is 236 g/mol. The van der Waals surface area contributed by atoms with Crippen molar-refractivity contribution in [3.05, 3.63) is 29.0 Å². The number of thiazole rings is 1. The van der Waals surface area contributed by atoms with Gasteiger partial charge in [-0.25, -0.2) is 9.97 Å². The molecule has 0 saturated carbocycles. The molecule has 0 fully saturated rings. The van der Waals surface area contributed by atoms with Crippen LogP contribution in [0.15, 0.2) is 24.0 Å². The van der Waals surface area contributed by atoms with Gasteiger partial charge in [0.15, 0.2) is 0 Å². The van der Waals surface area contributed by atoms with Crippen molar-refractivity contribution < 1.29 is 0 Å². The first-order chi connectivity index (χ1) is 7.86. The number of nitrogens with zero attached hydrogens (tertiary/aromatic N) is 3. The summed E-state index contributed by atoms with van der Waals surface area (Å²) in [6.07, 6.45) is 6.70. The number of aromatic nitrogens is 3. The van der Waals surface area contributed by atoms with E-state index in [-0.39, 0.29) is 6.04 Å². The maximum absolute atomic E-state index is 4.39. The van der Waals surface area contributed by atoms with Crippen LogP contribution in [0.3, 0.4) is 0 Å². The quantitative estimate of drug-likeness (QED) is 0.868. The zero-order valence-electron chi connectivity index (χ0n) is 9.55. The van der Waals surface area contributed by atoms with E-state index >= 15 is 0 Å². The number of hydrogen-bond donors (Lipinski definition) is 1. The van der Waals surface area contributed by atoms with E-state index in [1.54, 1.807) is 11.3 Å². The van der Waals surface area contributed by atoms with Crippen LogP contribution in [0.1, 0.15) is 31.3 Å². The van der Waals surface area contributed by atoms with Gasteiger partial charge in [-0.3, -0.25) is 0 Å². The van der Waals surface area contributed by atoms with Crippen LogP contribution in [0.4, 0.5) is 5.95 Å². The number of hydrogen-bond acceptors (Lipinski definition) is 4. The normalized spacial score (nSPS) is 12.6. The Kier molecular flexibility index (Phi) is 3.56. The van der Waals surface area contributed by atoms with Crippen LogP contribution < -0.4 is 5.32 Å². The average molecular weight is 236 g/mol. The van der Waals surface area contributed by atoms with Gasteiger partial charge in [0.1, 0.15) is 5.01 Å². The third-order valence-electron chi connectivity index (χ3n) is 2.46. The summed E-state index contributed by atoms with van der Waals surface area (Å²) in [5, 5.41) is 6.42. The SMILES string of the molecule is CCNc1nccn1C(CC)c1nccs1. The van der Waals surface area contributed by atoms with Gasteiger partial charge in [0.05, 0.1) is 6.04 Å². The van der Waals surface area contributed by atoms with E-state index in [0.717, 1.165) is 23.9 Å². The van der Waals surface area contributed by atoms with E-state index in [9.17, 15) is 0 Å². The second-order valence-electron chi connectivity index (χ2n) is 3.48. The van der Waals surface area contributed by atoms with Crippen LogP contribution in [-0.2, 0) is 0 Å². The van der Waals surface area contributed by atoms with Gasteiger partial charge in [0, 0.05) is 30.5 Å². The van der Waals surface area contributed by atoms with Crippen molar-refractivity contribution in [2.24, 2.45) is 0 Å². The lowest BCUT2D eigenvalue weighted by atomic mass is 10.2. The summed E-state index contributed by atoms with van der Waals surface area (Å²) < 4.78 is 2.16. The van der Waals surface area contributed by atoms with E-state index in [2.05, 4.69) is 33.7 Å². The van der Waals surface area contributed by atoms with Gasteiger partial charge < -0.3 is 9.88 Å². The molecule has 0 radical (unpaired) electrons. The highest BCUT2D eigenvalue weighted by atomic mass is 32.1. The molecule has 4 nitrogen and oxygen atoms in total. The molecular weight excluding hydrogens is 220 g/mol. The second kappa shape index (κ2) is 5.12. The summed E-state index contributed by atoms with van der Waals surface area (Å²) in [5.74, 6) is 0.921. The molecule has 2 aromatic rings. The lowest BCUT2D eigenvalue weighted by Crippen LogP contribution is -2.13. The maximum Gasteiger partial charge on any atom is 0.203 e. The van der Waals surface area contributed by atoms with Crippen molar-refractivity contribution in [1.82, 2.24) is 14.5 Å². The molecule has 0 amide bonds. The number of rotatable bonds is 5. The minimum Gasteiger partial charge on any atom is -0.356 e. The molecule has 16 heavy (non-hydrogen) atoms. The molecular formula is C11H16N4S. The molecule has 5 heteroatoms. The van der Waals surface area contributed by atoms with Crippen LogP contribution in [0.5, 0.6) is 0 Å². The molecule has 0 spiro atoms. The molecule has 0 aliphatic heterocycles. The van der Waals surface area contributed by atoms with Gasteiger partial charge in [-0.1, -0.05) is 6.92 Å². The Morgan fingerprint density at radius 2 is 2.25 bits per heavy atom. The maximum atomic E-state index is 4.39. The Morgan fingerprint density at radius 1 is 1.38 bits per heavy atom. The molecule has 0 aliphatic rings. The Morgan fingerprint density at radius 3 is 2.88 bits per heavy atom. The summed E-state index contributed by atoms with van der Waals surface area (Å²) in [5.41, 5.74) is 0. The Balaban J connectivity index is 2.30. The summed E-state index contributed by atoms with van der Waals surface area (Å²) in [6.45, 7) is 5.12. The summed E-state index contributed by atoms with van der Waals surface area (Å²) >= 11 is 1.69. The smallest absolute Gasteiger partial charge is 0.203 e. The number of imidazole rings is 1. The zero-order valence-corrected chi connectivity index (χ0v) is 10.4. The minimum atomic E-state index is 0.288. The summed E-state index contributed by atoms with van der Waals surface area (Å²) in [6, 6.07) is 0.288. The van der Waals surface area contributed by atoms with E-state index in [4.69, 9.17) is 0 Å². The van der Waals surface area contributed by atoms with Gasteiger partial charge in [-0.15, -0.1) is 11.3 Å². The summed E-state index contributed by atoms with van der Waals surface area (Å²) in [7, 11) is 0. The fourth-order valence-corrected chi connectivity index (χ4v) is 2.57. The highest BCUT2D eigenvalue weighted by Crippen LogP contribution is 2.26. The summed E-state index contributed by atoms with van der Waals surface area (Å²) in [4.78, 5) is 8.70. The van der Waals surface area contributed by atoms with Gasteiger partial charge in [-0.2, -0.15) is 0 Å². The van der Waals surface area contributed by atoms with Crippen LogP contribution >= 0.6 is 11.3 Å². The zero-order chi connectivity index (χ0) is 11.4.